The van der Waals surface area contributed by atoms with E-state index in [0.717, 1.165) is 13.0 Å². The van der Waals surface area contributed by atoms with Crippen LogP contribution in [0.25, 0.3) is 0 Å². The summed E-state index contributed by atoms with van der Waals surface area (Å²) in [7, 11) is 0. The summed E-state index contributed by atoms with van der Waals surface area (Å²) in [6, 6.07) is 1.84. The summed E-state index contributed by atoms with van der Waals surface area (Å²) in [5.74, 6) is 0.0627. The van der Waals surface area contributed by atoms with Crippen LogP contribution in [0.4, 0.5) is 0 Å². The predicted octanol–water partition coefficient (Wildman–Crippen LogP) is 0.127. The van der Waals surface area contributed by atoms with Crippen molar-refractivity contribution in [3.63, 3.8) is 0 Å². The fourth-order valence-corrected chi connectivity index (χ4v) is 1.73. The number of hydrogen-bond acceptors (Lipinski definition) is 4. The smallest absolute Gasteiger partial charge is 0.223 e. The number of hydrogen-bond donors (Lipinski definition) is 1. The molecule has 1 amide bonds. The molecule has 1 N–H and O–H groups in total. The van der Waals surface area contributed by atoms with Gasteiger partial charge in [0.05, 0.1) is 6.07 Å². The van der Waals surface area contributed by atoms with E-state index in [2.05, 4.69) is 11.4 Å². The van der Waals surface area contributed by atoms with Gasteiger partial charge >= 0.3 is 0 Å². The lowest BCUT2D eigenvalue weighted by atomic mass is 10.2. The molecule has 1 unspecified atom stereocenters. The van der Waals surface area contributed by atoms with Gasteiger partial charge in [-0.1, -0.05) is 0 Å². The van der Waals surface area contributed by atoms with E-state index in [4.69, 9.17) is 10.00 Å². The summed E-state index contributed by atoms with van der Waals surface area (Å²) in [5.41, 5.74) is 0. The van der Waals surface area contributed by atoms with Crippen molar-refractivity contribution in [3.8, 4) is 6.07 Å². The van der Waals surface area contributed by atoms with Gasteiger partial charge in [-0.2, -0.15) is 5.26 Å². The number of nitrogens with one attached hydrogen (secondary N) is 1. The van der Waals surface area contributed by atoms with Crippen LogP contribution in [0, 0.1) is 11.3 Å². The number of ether oxygens (including phenoxy) is 1. The second-order valence-corrected chi connectivity index (χ2v) is 3.74. The quantitative estimate of drug-likeness (QED) is 0.675. The average molecular weight is 225 g/mol. The van der Waals surface area contributed by atoms with Crippen LogP contribution in [0.3, 0.4) is 0 Å². The van der Waals surface area contributed by atoms with Crippen LogP contribution in [0.15, 0.2) is 0 Å². The molecule has 5 heteroatoms. The fourth-order valence-electron chi connectivity index (χ4n) is 1.73. The molecule has 1 saturated heterocycles. The third-order valence-corrected chi connectivity index (χ3v) is 2.60. The van der Waals surface area contributed by atoms with Gasteiger partial charge in [-0.3, -0.25) is 4.79 Å². The van der Waals surface area contributed by atoms with E-state index in [-0.39, 0.29) is 11.9 Å². The molecule has 0 saturated carbocycles. The van der Waals surface area contributed by atoms with Crippen molar-refractivity contribution in [2.45, 2.75) is 25.8 Å². The molecule has 1 aliphatic rings. The van der Waals surface area contributed by atoms with E-state index in [1.165, 1.54) is 0 Å². The number of carbonyl (C=O) groups is 1. The van der Waals surface area contributed by atoms with Crippen molar-refractivity contribution < 1.29 is 9.53 Å². The van der Waals surface area contributed by atoms with Crippen molar-refractivity contribution in [2.24, 2.45) is 0 Å². The summed E-state index contributed by atoms with van der Waals surface area (Å²) in [6.45, 7) is 5.22. The van der Waals surface area contributed by atoms with Crippen molar-refractivity contribution in [3.05, 3.63) is 0 Å². The molecule has 1 rings (SSSR count). The Balaban J connectivity index is 2.31. The summed E-state index contributed by atoms with van der Waals surface area (Å²) in [4.78, 5) is 13.5. The van der Waals surface area contributed by atoms with E-state index >= 15 is 0 Å². The Morgan fingerprint density at radius 3 is 3.19 bits per heavy atom. The molecule has 5 nitrogen and oxygen atoms in total. The van der Waals surface area contributed by atoms with E-state index < -0.39 is 0 Å². The number of piperazine rings is 1. The van der Waals surface area contributed by atoms with Gasteiger partial charge in [0.2, 0.25) is 5.91 Å². The first-order valence-electron chi connectivity index (χ1n) is 5.77. The number of amides is 1. The lowest BCUT2D eigenvalue weighted by Crippen LogP contribution is -2.53. The van der Waals surface area contributed by atoms with E-state index in [9.17, 15) is 4.79 Å². The van der Waals surface area contributed by atoms with E-state index in [0.29, 0.717) is 32.7 Å². The highest BCUT2D eigenvalue weighted by Crippen LogP contribution is 2.06. The Hall–Kier alpha value is -1.12. The summed E-state index contributed by atoms with van der Waals surface area (Å²) in [5, 5.41) is 12.0. The Morgan fingerprint density at radius 2 is 2.50 bits per heavy atom. The summed E-state index contributed by atoms with van der Waals surface area (Å²) >= 11 is 0. The molecule has 1 fully saturated rings. The zero-order chi connectivity index (χ0) is 11.8. The summed E-state index contributed by atoms with van der Waals surface area (Å²) < 4.78 is 5.18. The summed E-state index contributed by atoms with van der Waals surface area (Å²) in [6.07, 6.45) is 1.20. The maximum Gasteiger partial charge on any atom is 0.223 e. The molecule has 90 valence electrons. The van der Waals surface area contributed by atoms with Crippen LogP contribution >= 0.6 is 0 Å². The maximum atomic E-state index is 11.8. The van der Waals surface area contributed by atoms with Gasteiger partial charge in [0.15, 0.2) is 0 Å². The highest BCUT2D eigenvalue weighted by molar-refractivity contribution is 5.77. The van der Waals surface area contributed by atoms with Crippen molar-refractivity contribution in [1.82, 2.24) is 10.2 Å². The van der Waals surface area contributed by atoms with Crippen LogP contribution in [0.1, 0.15) is 19.8 Å². The third-order valence-electron chi connectivity index (χ3n) is 2.60. The monoisotopic (exact) mass is 225 g/mol. The highest BCUT2D eigenvalue weighted by atomic mass is 16.5. The first kappa shape index (κ1) is 12.9. The first-order valence-corrected chi connectivity index (χ1v) is 5.77. The molecule has 0 radical (unpaired) electrons. The SMILES string of the molecule is CCOCCCC(=O)N1CCNCC1C#N. The molecule has 1 heterocycles. The largest absolute Gasteiger partial charge is 0.382 e. The molecular formula is C11H19N3O2. The number of nitriles is 1. The molecular weight excluding hydrogens is 206 g/mol. The maximum absolute atomic E-state index is 11.8. The standard InChI is InChI=1S/C11H19N3O2/c1-2-16-7-3-4-11(15)14-6-5-13-9-10(14)8-12/h10,13H,2-7,9H2,1H3. The second-order valence-electron chi connectivity index (χ2n) is 3.74. The minimum absolute atomic E-state index is 0.0627. The van der Waals surface area contributed by atoms with Crippen LogP contribution in [0.2, 0.25) is 0 Å². The van der Waals surface area contributed by atoms with Crippen LogP contribution in [-0.2, 0) is 9.53 Å². The van der Waals surface area contributed by atoms with Crippen molar-refractivity contribution >= 4 is 5.91 Å². The Bertz CT molecular complexity index is 262. The Kier molecular flexibility index (Phi) is 5.83. The van der Waals surface area contributed by atoms with Crippen LogP contribution in [0.5, 0.6) is 0 Å². The van der Waals surface area contributed by atoms with Crippen LogP contribution < -0.4 is 5.32 Å². The van der Waals surface area contributed by atoms with Crippen molar-refractivity contribution in [1.29, 1.82) is 5.26 Å². The molecule has 0 aromatic carbocycles. The molecule has 0 aliphatic carbocycles. The Labute approximate surface area is 96.4 Å². The number of nitrogens with zero attached hydrogens (tertiary/aromatic N) is 2. The molecule has 1 atom stereocenters. The minimum atomic E-state index is -0.312. The van der Waals surface area contributed by atoms with Crippen LogP contribution in [-0.4, -0.2) is 49.7 Å². The molecule has 0 aromatic rings. The number of rotatable bonds is 5. The van der Waals surface area contributed by atoms with Crippen molar-refractivity contribution in [2.75, 3.05) is 32.8 Å². The molecule has 16 heavy (non-hydrogen) atoms. The second kappa shape index (κ2) is 7.20. The van der Waals surface area contributed by atoms with E-state index in [1.54, 1.807) is 4.90 Å². The third kappa shape index (κ3) is 3.80. The lowest BCUT2D eigenvalue weighted by molar-refractivity contribution is -0.133. The normalized spacial score (nSPS) is 20.5. The molecule has 0 spiro atoms. The lowest BCUT2D eigenvalue weighted by Gasteiger charge is -2.32. The minimum Gasteiger partial charge on any atom is -0.382 e. The zero-order valence-electron chi connectivity index (χ0n) is 9.74. The number of carbonyl (C=O) groups excluding carboxylic acids is 1. The first-order chi connectivity index (χ1) is 7.79. The Morgan fingerprint density at radius 1 is 1.69 bits per heavy atom. The van der Waals surface area contributed by atoms with Gasteiger partial charge in [0, 0.05) is 39.3 Å². The molecule has 1 aliphatic heterocycles. The van der Waals surface area contributed by atoms with Gasteiger partial charge in [-0.15, -0.1) is 0 Å². The average Bonchev–Trinajstić information content (AvgIpc) is 2.34. The van der Waals surface area contributed by atoms with Gasteiger partial charge < -0.3 is 15.0 Å². The predicted molar refractivity (Wildman–Crippen MR) is 59.7 cm³/mol. The van der Waals surface area contributed by atoms with Gasteiger partial charge in [-0.25, -0.2) is 0 Å². The van der Waals surface area contributed by atoms with E-state index in [1.807, 2.05) is 6.92 Å². The molecule has 0 aromatic heterocycles. The fraction of sp³-hybridized carbons (Fsp3) is 0.818. The zero-order valence-corrected chi connectivity index (χ0v) is 9.74. The van der Waals surface area contributed by atoms with Gasteiger partial charge in [0.1, 0.15) is 6.04 Å². The van der Waals surface area contributed by atoms with Gasteiger partial charge in [-0.05, 0) is 13.3 Å². The molecule has 0 bridgehead atoms. The van der Waals surface area contributed by atoms with Gasteiger partial charge in [0.25, 0.3) is 0 Å². The topological polar surface area (TPSA) is 65.4 Å². The highest BCUT2D eigenvalue weighted by Gasteiger charge is 2.25.